The van der Waals surface area contributed by atoms with Gasteiger partial charge in [-0.3, -0.25) is 14.6 Å². The number of benzene rings is 1. The van der Waals surface area contributed by atoms with Gasteiger partial charge >= 0.3 is 0 Å². The van der Waals surface area contributed by atoms with Crippen LogP contribution in [0.2, 0.25) is 5.02 Å². The number of aliphatic hydroxyl groups excluding tert-OH is 1. The second-order valence-corrected chi connectivity index (χ2v) is 5.65. The molecule has 3 rings (SSSR count). The van der Waals surface area contributed by atoms with Crippen LogP contribution in [0.15, 0.2) is 58.4 Å². The van der Waals surface area contributed by atoms with Crippen molar-refractivity contribution in [2.45, 2.75) is 6.10 Å². The van der Waals surface area contributed by atoms with Gasteiger partial charge < -0.3 is 15.7 Å². The highest BCUT2D eigenvalue weighted by Gasteiger charge is 2.21. The monoisotopic (exact) mass is 343 g/mol. The first kappa shape index (κ1) is 16.2. The van der Waals surface area contributed by atoms with E-state index in [4.69, 9.17) is 11.6 Å². The molecule has 1 atom stereocenters. The van der Waals surface area contributed by atoms with E-state index >= 15 is 0 Å². The van der Waals surface area contributed by atoms with Crippen LogP contribution in [-0.2, 0) is 0 Å². The molecule has 0 aliphatic carbocycles. The summed E-state index contributed by atoms with van der Waals surface area (Å²) in [5, 5.41) is 16.4. The van der Waals surface area contributed by atoms with E-state index in [1.54, 1.807) is 48.8 Å². The molecule has 0 saturated heterocycles. The van der Waals surface area contributed by atoms with Crippen LogP contribution < -0.4 is 21.5 Å². The number of hydrogen-bond acceptors (Lipinski definition) is 6. The quantitative estimate of drug-likeness (QED) is 0.594. The average molecular weight is 344 g/mol. The second kappa shape index (κ2) is 6.82. The molecule has 122 valence electrons. The molecule has 0 aliphatic rings. The third kappa shape index (κ3) is 3.29. The van der Waals surface area contributed by atoms with Crippen molar-refractivity contribution >= 4 is 28.7 Å². The van der Waals surface area contributed by atoms with Crippen molar-refractivity contribution in [3.05, 3.63) is 79.8 Å². The lowest BCUT2D eigenvalue weighted by molar-refractivity contribution is 0.191. The fourth-order valence-electron chi connectivity index (χ4n) is 2.26. The fourth-order valence-corrected chi connectivity index (χ4v) is 2.39. The second-order valence-electron chi connectivity index (χ2n) is 5.22. The lowest BCUT2D eigenvalue weighted by atomic mass is 10.1. The van der Waals surface area contributed by atoms with Gasteiger partial charge in [-0.15, -0.1) is 0 Å². The molecule has 2 aromatic carbocycles. The zero-order chi connectivity index (χ0) is 17.1. The van der Waals surface area contributed by atoms with Crippen molar-refractivity contribution < 1.29 is 5.11 Å². The predicted octanol–water partition coefficient (Wildman–Crippen LogP) is 2.22. The van der Waals surface area contributed by atoms with Gasteiger partial charge in [0.2, 0.25) is 0 Å². The summed E-state index contributed by atoms with van der Waals surface area (Å²) in [4.78, 5) is 27.3. The smallest absolute Gasteiger partial charge is 0.253 e. The molecular formula is C17H14ClN3O3. The predicted molar refractivity (Wildman–Crippen MR) is 93.8 cm³/mol. The number of halogens is 1. The minimum absolute atomic E-state index is 0.0948. The topological polar surface area (TPSA) is 91.3 Å². The first-order chi connectivity index (χ1) is 11.6. The van der Waals surface area contributed by atoms with Crippen molar-refractivity contribution in [1.82, 2.24) is 4.98 Å². The van der Waals surface area contributed by atoms with Gasteiger partial charge in [-0.25, -0.2) is 0 Å². The van der Waals surface area contributed by atoms with Gasteiger partial charge in [-0.05, 0) is 29.8 Å². The molecule has 0 spiro atoms. The standard InChI is InChI=1S/C17H14ClN3O3/c18-11-3-1-10(2-4-11)13(22)9-20-14-15(17(24)16(14)23)21-12-5-7-19-8-6-12/h1-8,13,20,22H,9H2,(H,19,21). The highest BCUT2D eigenvalue weighted by atomic mass is 35.5. The summed E-state index contributed by atoms with van der Waals surface area (Å²) in [6, 6.07) is 10.1. The zero-order valence-electron chi connectivity index (χ0n) is 12.5. The Balaban J connectivity index is 1.70. The molecule has 6 nitrogen and oxygen atoms in total. The molecule has 0 saturated carbocycles. The third-order valence-corrected chi connectivity index (χ3v) is 3.84. The van der Waals surface area contributed by atoms with E-state index in [1.165, 1.54) is 0 Å². The SMILES string of the molecule is O=c1c(NCC(O)c2ccc(Cl)cc2)c(Nc2ccncc2)c1=O. The Morgan fingerprint density at radius 3 is 2.29 bits per heavy atom. The summed E-state index contributed by atoms with van der Waals surface area (Å²) in [7, 11) is 0. The van der Waals surface area contributed by atoms with E-state index in [-0.39, 0.29) is 17.9 Å². The minimum atomic E-state index is -0.833. The molecular weight excluding hydrogens is 330 g/mol. The number of hydrogen-bond donors (Lipinski definition) is 3. The van der Waals surface area contributed by atoms with E-state index in [9.17, 15) is 14.7 Å². The molecule has 3 N–H and O–H groups in total. The van der Waals surface area contributed by atoms with E-state index in [1.807, 2.05) is 0 Å². The summed E-state index contributed by atoms with van der Waals surface area (Å²) in [6.07, 6.45) is 2.32. The maximum Gasteiger partial charge on any atom is 0.253 e. The summed E-state index contributed by atoms with van der Waals surface area (Å²) < 4.78 is 0. The maximum atomic E-state index is 11.7. The fraction of sp³-hybridized carbons (Fsp3) is 0.118. The normalized spacial score (nSPS) is 12.1. The van der Waals surface area contributed by atoms with Crippen molar-refractivity contribution in [3.8, 4) is 0 Å². The number of aromatic nitrogens is 1. The number of pyridine rings is 1. The third-order valence-electron chi connectivity index (χ3n) is 3.59. The largest absolute Gasteiger partial charge is 0.387 e. The van der Waals surface area contributed by atoms with E-state index in [2.05, 4.69) is 15.6 Å². The highest BCUT2D eigenvalue weighted by molar-refractivity contribution is 6.30. The number of nitrogens with zero attached hydrogens (tertiary/aromatic N) is 1. The van der Waals surface area contributed by atoms with E-state index in [0.717, 1.165) is 0 Å². The van der Waals surface area contributed by atoms with Crippen molar-refractivity contribution in [2.24, 2.45) is 0 Å². The highest BCUT2D eigenvalue weighted by Crippen LogP contribution is 2.22. The molecule has 1 heterocycles. The number of anilines is 3. The molecule has 1 unspecified atom stereocenters. The average Bonchev–Trinajstić information content (AvgIpc) is 2.61. The Labute approximate surface area is 142 Å². The molecule has 0 amide bonds. The van der Waals surface area contributed by atoms with Crippen LogP contribution >= 0.6 is 11.6 Å². The lowest BCUT2D eigenvalue weighted by Gasteiger charge is -2.17. The molecule has 7 heteroatoms. The molecule has 24 heavy (non-hydrogen) atoms. The summed E-state index contributed by atoms with van der Waals surface area (Å²) in [6.45, 7) is 0.0948. The molecule has 0 radical (unpaired) electrons. The summed E-state index contributed by atoms with van der Waals surface area (Å²) >= 11 is 5.81. The first-order valence-electron chi connectivity index (χ1n) is 7.24. The minimum Gasteiger partial charge on any atom is -0.387 e. The van der Waals surface area contributed by atoms with Gasteiger partial charge in [0, 0.05) is 29.6 Å². The van der Waals surface area contributed by atoms with Crippen LogP contribution in [0.25, 0.3) is 0 Å². The Morgan fingerprint density at radius 1 is 1.00 bits per heavy atom. The van der Waals surface area contributed by atoms with Crippen molar-refractivity contribution in [1.29, 1.82) is 0 Å². The van der Waals surface area contributed by atoms with Gasteiger partial charge in [-0.2, -0.15) is 0 Å². The molecule has 3 aromatic rings. The Bertz CT molecular complexity index is 903. The van der Waals surface area contributed by atoms with E-state index in [0.29, 0.717) is 16.3 Å². The Hall–Kier alpha value is -2.70. The van der Waals surface area contributed by atoms with Gasteiger partial charge in [0.1, 0.15) is 11.4 Å². The van der Waals surface area contributed by atoms with Crippen molar-refractivity contribution in [3.63, 3.8) is 0 Å². The maximum absolute atomic E-state index is 11.7. The number of rotatable bonds is 6. The molecule has 0 bridgehead atoms. The van der Waals surface area contributed by atoms with Gasteiger partial charge in [0.15, 0.2) is 0 Å². The van der Waals surface area contributed by atoms with Crippen LogP contribution in [0.4, 0.5) is 17.1 Å². The van der Waals surface area contributed by atoms with Crippen LogP contribution in [0.3, 0.4) is 0 Å². The molecule has 1 aromatic heterocycles. The van der Waals surface area contributed by atoms with Gasteiger partial charge in [0.25, 0.3) is 10.9 Å². The van der Waals surface area contributed by atoms with E-state index < -0.39 is 17.0 Å². The summed E-state index contributed by atoms with van der Waals surface area (Å²) in [5.74, 6) is 0. The van der Waals surface area contributed by atoms with Crippen LogP contribution in [0.1, 0.15) is 11.7 Å². The van der Waals surface area contributed by atoms with Crippen molar-refractivity contribution in [2.75, 3.05) is 17.2 Å². The molecule has 0 fully saturated rings. The number of aliphatic hydroxyl groups is 1. The van der Waals surface area contributed by atoms with Crippen LogP contribution in [0, 0.1) is 0 Å². The Kier molecular flexibility index (Phi) is 4.59. The Morgan fingerprint density at radius 2 is 1.62 bits per heavy atom. The molecule has 0 aliphatic heterocycles. The first-order valence-corrected chi connectivity index (χ1v) is 7.62. The zero-order valence-corrected chi connectivity index (χ0v) is 13.2. The van der Waals surface area contributed by atoms with Gasteiger partial charge in [-0.1, -0.05) is 23.7 Å². The lowest BCUT2D eigenvalue weighted by Crippen LogP contribution is -2.37. The van der Waals surface area contributed by atoms with Crippen LogP contribution in [-0.4, -0.2) is 16.6 Å². The summed E-state index contributed by atoms with van der Waals surface area (Å²) in [5.41, 5.74) is 0.483. The number of nitrogens with one attached hydrogen (secondary N) is 2. The van der Waals surface area contributed by atoms with Crippen LogP contribution in [0.5, 0.6) is 0 Å². The van der Waals surface area contributed by atoms with Gasteiger partial charge in [0.05, 0.1) is 6.10 Å².